The van der Waals surface area contributed by atoms with E-state index < -0.39 is 0 Å². The average molecular weight is 808 g/mol. The first kappa shape index (κ1) is 37.2. The zero-order valence-corrected chi connectivity index (χ0v) is 35.5. The van der Waals surface area contributed by atoms with Crippen LogP contribution in [0.3, 0.4) is 0 Å². The van der Waals surface area contributed by atoms with Gasteiger partial charge in [0.25, 0.3) is 0 Å². The molecule has 63 heavy (non-hydrogen) atoms. The highest BCUT2D eigenvalue weighted by Crippen LogP contribution is 2.63. The fraction of sp³-hybridized carbons (Fsp3) is 0.0847. The third kappa shape index (κ3) is 5.96. The Labute approximate surface area is 371 Å². The van der Waals surface area contributed by atoms with Crippen molar-refractivity contribution in [1.82, 2.24) is 0 Å². The van der Waals surface area contributed by atoms with E-state index in [1.54, 1.807) is 0 Å². The van der Waals surface area contributed by atoms with Crippen molar-refractivity contribution < 1.29 is 0 Å². The summed E-state index contributed by atoms with van der Waals surface area (Å²) in [5.41, 5.74) is 19.8. The molecule has 3 aliphatic rings. The molecule has 9 aromatic rings. The lowest BCUT2D eigenvalue weighted by Gasteiger charge is -2.51. The molecule has 0 amide bonds. The Morgan fingerprint density at radius 3 is 1.59 bits per heavy atom. The van der Waals surface area contributed by atoms with Crippen molar-refractivity contribution >= 4 is 63.1 Å². The maximum Gasteiger partial charge on any atom is 0.223 e. The van der Waals surface area contributed by atoms with Crippen LogP contribution < -0.4 is 25.6 Å². The van der Waals surface area contributed by atoms with Gasteiger partial charge < -0.3 is 14.7 Å². The van der Waals surface area contributed by atoms with Gasteiger partial charge in [-0.2, -0.15) is 0 Å². The SMILES string of the molecule is CC1(C)c2ccccc2C2C1B1c3ccc(N(c4ccccc4)c4ccccc4)cc3N(c3ccccc3)c3cccc(c31)N2c1cc(-c2ccccc2)cc(-c2ccccc2)c1. The number of anilines is 8. The van der Waals surface area contributed by atoms with Crippen molar-refractivity contribution in [3.63, 3.8) is 0 Å². The number of para-hydroxylation sites is 3. The molecule has 9 aromatic carbocycles. The highest BCUT2D eigenvalue weighted by molar-refractivity contribution is 6.91. The van der Waals surface area contributed by atoms with Gasteiger partial charge in [0.2, 0.25) is 6.71 Å². The standard InChI is InChI=1S/C59H46BN3/c1-59(2)51-32-19-18-31-50(51)57-58(59)60-52-36-35-48(61(45-25-12-5-13-26-45)46-27-14-6-15-28-46)40-55(52)62(47-29-16-7-17-30-47)53-33-20-34-54(56(53)60)63(57)49-38-43(41-21-8-3-9-22-41)37-44(39-49)42-23-10-4-11-24-42/h3-40,57-58H,1-2H3. The summed E-state index contributed by atoms with van der Waals surface area (Å²) >= 11 is 0. The minimum Gasteiger partial charge on any atom is -0.335 e. The van der Waals surface area contributed by atoms with E-state index in [4.69, 9.17) is 0 Å². The molecule has 0 N–H and O–H groups in total. The molecule has 2 unspecified atom stereocenters. The zero-order valence-electron chi connectivity index (χ0n) is 35.5. The van der Waals surface area contributed by atoms with Crippen LogP contribution in [0.4, 0.5) is 45.5 Å². The Morgan fingerprint density at radius 1 is 0.429 bits per heavy atom. The summed E-state index contributed by atoms with van der Waals surface area (Å²) in [6, 6.07) is 85.2. The fourth-order valence-electron chi connectivity index (χ4n) is 11.3. The van der Waals surface area contributed by atoms with E-state index in [1.165, 1.54) is 67.1 Å². The predicted molar refractivity (Wildman–Crippen MR) is 266 cm³/mol. The van der Waals surface area contributed by atoms with Crippen LogP contribution in [0, 0.1) is 0 Å². The topological polar surface area (TPSA) is 9.72 Å². The molecular weight excluding hydrogens is 761 g/mol. The summed E-state index contributed by atoms with van der Waals surface area (Å²) in [5, 5.41) is 0. The fourth-order valence-corrected chi connectivity index (χ4v) is 11.3. The minimum atomic E-state index is -0.154. The molecule has 0 fully saturated rings. The summed E-state index contributed by atoms with van der Waals surface area (Å²) in [4.78, 5) is 7.65. The number of hydrogen-bond acceptors (Lipinski definition) is 3. The minimum absolute atomic E-state index is 0.0829. The summed E-state index contributed by atoms with van der Waals surface area (Å²) < 4.78 is 0. The van der Waals surface area contributed by atoms with Crippen molar-refractivity contribution in [1.29, 1.82) is 0 Å². The Morgan fingerprint density at radius 2 is 0.968 bits per heavy atom. The van der Waals surface area contributed by atoms with Crippen molar-refractivity contribution in [3.05, 3.63) is 242 Å². The lowest BCUT2D eigenvalue weighted by atomic mass is 9.26. The van der Waals surface area contributed by atoms with Gasteiger partial charge in [-0.05, 0) is 134 Å². The number of nitrogens with zero attached hydrogens (tertiary/aromatic N) is 3. The number of hydrogen-bond donors (Lipinski definition) is 0. The van der Waals surface area contributed by atoms with E-state index >= 15 is 0 Å². The van der Waals surface area contributed by atoms with Crippen LogP contribution in [-0.4, -0.2) is 6.71 Å². The first-order valence-electron chi connectivity index (χ1n) is 22.2. The Balaban J connectivity index is 1.14. The van der Waals surface area contributed by atoms with Gasteiger partial charge in [-0.3, -0.25) is 0 Å². The largest absolute Gasteiger partial charge is 0.335 e. The molecular formula is C59H46BN3. The second kappa shape index (κ2) is 14.8. The third-order valence-electron chi connectivity index (χ3n) is 14.0. The molecule has 0 spiro atoms. The highest BCUT2D eigenvalue weighted by atomic mass is 15.2. The lowest BCUT2D eigenvalue weighted by molar-refractivity contribution is 0.468. The van der Waals surface area contributed by atoms with E-state index in [2.05, 4.69) is 259 Å². The average Bonchev–Trinajstić information content (AvgIpc) is 3.58. The normalized spacial score (nSPS) is 16.4. The second-order valence-corrected chi connectivity index (χ2v) is 17.8. The van der Waals surface area contributed by atoms with Crippen molar-refractivity contribution in [3.8, 4) is 22.3 Å². The van der Waals surface area contributed by atoms with Crippen LogP contribution in [0.25, 0.3) is 22.3 Å². The van der Waals surface area contributed by atoms with E-state index in [0.29, 0.717) is 0 Å². The molecule has 0 bridgehead atoms. The van der Waals surface area contributed by atoms with Crippen molar-refractivity contribution in [2.75, 3.05) is 14.7 Å². The van der Waals surface area contributed by atoms with Gasteiger partial charge in [0.1, 0.15) is 0 Å². The monoisotopic (exact) mass is 807 g/mol. The molecule has 2 aliphatic heterocycles. The van der Waals surface area contributed by atoms with Crippen LogP contribution >= 0.6 is 0 Å². The summed E-state index contributed by atoms with van der Waals surface area (Å²) in [6.45, 7) is 5.13. The van der Waals surface area contributed by atoms with Gasteiger partial charge in [0, 0.05) is 45.5 Å². The quantitative estimate of drug-likeness (QED) is 0.149. The lowest BCUT2D eigenvalue weighted by Crippen LogP contribution is -2.61. The molecule has 2 atom stereocenters. The summed E-state index contributed by atoms with van der Waals surface area (Å²) in [5.74, 6) is 0.214. The third-order valence-corrected chi connectivity index (χ3v) is 14.0. The molecule has 0 saturated heterocycles. The zero-order chi connectivity index (χ0) is 42.1. The van der Waals surface area contributed by atoms with Crippen molar-refractivity contribution in [2.24, 2.45) is 0 Å². The predicted octanol–water partition coefficient (Wildman–Crippen LogP) is 14.4. The molecule has 0 saturated carbocycles. The van der Waals surface area contributed by atoms with Crippen molar-refractivity contribution in [2.45, 2.75) is 31.1 Å². The van der Waals surface area contributed by atoms with Crippen LogP contribution in [0.5, 0.6) is 0 Å². The molecule has 0 radical (unpaired) electrons. The van der Waals surface area contributed by atoms with E-state index in [0.717, 1.165) is 22.7 Å². The van der Waals surface area contributed by atoms with Crippen LogP contribution in [-0.2, 0) is 5.41 Å². The molecule has 2 heterocycles. The molecule has 300 valence electrons. The van der Waals surface area contributed by atoms with Gasteiger partial charge in [-0.1, -0.05) is 166 Å². The molecule has 12 rings (SSSR count). The Hall–Kier alpha value is -7.56. The molecule has 0 aromatic heterocycles. The van der Waals surface area contributed by atoms with Crippen LogP contribution in [0.1, 0.15) is 31.0 Å². The van der Waals surface area contributed by atoms with E-state index in [1.807, 2.05) is 0 Å². The number of fused-ring (bicyclic) bond motifs is 6. The van der Waals surface area contributed by atoms with Crippen LogP contribution in [0.15, 0.2) is 231 Å². The maximum absolute atomic E-state index is 2.72. The van der Waals surface area contributed by atoms with Gasteiger partial charge in [-0.15, -0.1) is 0 Å². The van der Waals surface area contributed by atoms with Gasteiger partial charge in [0.05, 0.1) is 6.04 Å². The van der Waals surface area contributed by atoms with Gasteiger partial charge >= 0.3 is 0 Å². The highest BCUT2D eigenvalue weighted by Gasteiger charge is 2.59. The smallest absolute Gasteiger partial charge is 0.223 e. The summed E-state index contributed by atoms with van der Waals surface area (Å²) in [7, 11) is 0. The number of benzene rings is 9. The summed E-state index contributed by atoms with van der Waals surface area (Å²) in [6.07, 6.45) is 0. The number of rotatable bonds is 7. The maximum atomic E-state index is 2.72. The first-order chi connectivity index (χ1) is 31.0. The molecule has 4 heteroatoms. The van der Waals surface area contributed by atoms with Gasteiger partial charge in [-0.25, -0.2) is 0 Å². The Bertz CT molecular complexity index is 3020. The van der Waals surface area contributed by atoms with Crippen LogP contribution in [0.2, 0.25) is 5.82 Å². The molecule has 1 aliphatic carbocycles. The second-order valence-electron chi connectivity index (χ2n) is 17.8. The van der Waals surface area contributed by atoms with E-state index in [-0.39, 0.29) is 24.0 Å². The van der Waals surface area contributed by atoms with E-state index in [9.17, 15) is 0 Å². The first-order valence-corrected chi connectivity index (χ1v) is 22.2. The Kier molecular flexibility index (Phi) is 8.76. The molecule has 3 nitrogen and oxygen atoms in total. The van der Waals surface area contributed by atoms with Gasteiger partial charge in [0.15, 0.2) is 0 Å².